The van der Waals surface area contributed by atoms with Crippen molar-refractivity contribution >= 4 is 11.8 Å². The Balaban J connectivity index is 2.28. The summed E-state index contributed by atoms with van der Waals surface area (Å²) in [5, 5.41) is 0. The molecule has 0 N–H and O–H groups in total. The Bertz CT molecular complexity index is 413. The molecule has 1 aromatic carbocycles. The Kier molecular flexibility index (Phi) is 2.45. The third-order valence-electron chi connectivity index (χ3n) is 2.09. The summed E-state index contributed by atoms with van der Waals surface area (Å²) in [6.07, 6.45) is 7.65. The molecule has 0 aliphatic rings. The third-order valence-corrected chi connectivity index (χ3v) is 2.09. The first-order valence-electron chi connectivity index (χ1n) is 4.58. The van der Waals surface area contributed by atoms with Crippen LogP contribution in [-0.4, -0.2) is 9.55 Å². The highest BCUT2D eigenvalue weighted by atomic mass is 15.0. The van der Waals surface area contributed by atoms with Crippen molar-refractivity contribution in [2.75, 3.05) is 0 Å². The van der Waals surface area contributed by atoms with Gasteiger partial charge in [0.15, 0.2) is 0 Å². The van der Waals surface area contributed by atoms with Crippen LogP contribution in [0.2, 0.25) is 0 Å². The molecule has 2 heteroatoms. The molecule has 0 bridgehead atoms. The van der Waals surface area contributed by atoms with Crippen LogP contribution in [0.5, 0.6) is 0 Å². The van der Waals surface area contributed by atoms with Crippen molar-refractivity contribution in [3.8, 4) is 0 Å². The summed E-state index contributed by atoms with van der Waals surface area (Å²) in [7, 11) is 0. The van der Waals surface area contributed by atoms with E-state index in [1.807, 2.05) is 29.0 Å². The SMILES string of the molecule is C/C(=C\c1ccccc1)n1ccnc1. The van der Waals surface area contributed by atoms with Crippen LogP contribution in [0, 0.1) is 0 Å². The first kappa shape index (κ1) is 8.75. The molecule has 0 saturated heterocycles. The van der Waals surface area contributed by atoms with Gasteiger partial charge in [0.2, 0.25) is 0 Å². The standard InChI is InChI=1S/C12H12N2/c1-11(14-8-7-13-10-14)9-12-5-3-2-4-6-12/h2-10H,1H3/b11-9+. The fourth-order valence-corrected chi connectivity index (χ4v) is 1.33. The van der Waals surface area contributed by atoms with E-state index in [1.165, 1.54) is 5.56 Å². The lowest BCUT2D eigenvalue weighted by Gasteiger charge is -2.01. The van der Waals surface area contributed by atoms with Crippen LogP contribution in [0.4, 0.5) is 0 Å². The van der Waals surface area contributed by atoms with Crippen molar-refractivity contribution in [2.45, 2.75) is 6.92 Å². The molecular weight excluding hydrogens is 172 g/mol. The van der Waals surface area contributed by atoms with E-state index in [-0.39, 0.29) is 0 Å². The van der Waals surface area contributed by atoms with Crippen molar-refractivity contribution in [2.24, 2.45) is 0 Å². The van der Waals surface area contributed by atoms with Gasteiger partial charge in [-0.2, -0.15) is 0 Å². The van der Waals surface area contributed by atoms with Gasteiger partial charge in [0.05, 0.1) is 6.33 Å². The lowest BCUT2D eigenvalue weighted by molar-refractivity contribution is 1.08. The third kappa shape index (κ3) is 1.91. The quantitative estimate of drug-likeness (QED) is 0.701. The van der Waals surface area contributed by atoms with E-state index >= 15 is 0 Å². The topological polar surface area (TPSA) is 17.8 Å². The van der Waals surface area contributed by atoms with E-state index in [1.54, 1.807) is 12.5 Å². The molecule has 0 unspecified atom stereocenters. The predicted octanol–water partition coefficient (Wildman–Crippen LogP) is 2.90. The summed E-state index contributed by atoms with van der Waals surface area (Å²) in [6.45, 7) is 2.06. The number of hydrogen-bond acceptors (Lipinski definition) is 1. The molecule has 2 nitrogen and oxygen atoms in total. The van der Waals surface area contributed by atoms with Gasteiger partial charge in [-0.1, -0.05) is 30.3 Å². The Morgan fingerprint density at radius 3 is 2.71 bits per heavy atom. The van der Waals surface area contributed by atoms with Crippen molar-refractivity contribution in [3.63, 3.8) is 0 Å². The number of aromatic nitrogens is 2. The molecule has 0 atom stereocenters. The van der Waals surface area contributed by atoms with Gasteiger partial charge in [0.25, 0.3) is 0 Å². The molecule has 0 spiro atoms. The van der Waals surface area contributed by atoms with Gasteiger partial charge in [-0.3, -0.25) is 0 Å². The van der Waals surface area contributed by atoms with Crippen LogP contribution in [0.3, 0.4) is 0 Å². The van der Waals surface area contributed by atoms with E-state index in [0.717, 1.165) is 5.70 Å². The second kappa shape index (κ2) is 3.92. The smallest absolute Gasteiger partial charge is 0.0989 e. The summed E-state index contributed by atoms with van der Waals surface area (Å²) in [5.74, 6) is 0. The Morgan fingerprint density at radius 1 is 1.29 bits per heavy atom. The first-order valence-corrected chi connectivity index (χ1v) is 4.58. The maximum absolute atomic E-state index is 4.01. The molecule has 2 rings (SSSR count). The normalized spacial score (nSPS) is 11.6. The van der Waals surface area contributed by atoms with Crippen LogP contribution >= 0.6 is 0 Å². The molecular formula is C12H12N2. The Labute approximate surface area is 83.5 Å². The second-order valence-electron chi connectivity index (χ2n) is 3.17. The highest BCUT2D eigenvalue weighted by Crippen LogP contribution is 2.09. The lowest BCUT2D eigenvalue weighted by atomic mass is 10.2. The number of nitrogens with zero attached hydrogens (tertiary/aromatic N) is 2. The minimum absolute atomic E-state index is 1.16. The van der Waals surface area contributed by atoms with Crippen molar-refractivity contribution in [1.29, 1.82) is 0 Å². The largest absolute Gasteiger partial charge is 0.310 e. The average Bonchev–Trinajstić information content (AvgIpc) is 2.72. The van der Waals surface area contributed by atoms with Gasteiger partial charge in [0.1, 0.15) is 0 Å². The number of imidazole rings is 1. The highest BCUT2D eigenvalue weighted by Gasteiger charge is 1.92. The molecule has 1 aromatic heterocycles. The summed E-state index contributed by atoms with van der Waals surface area (Å²) in [4.78, 5) is 4.01. The number of allylic oxidation sites excluding steroid dienone is 1. The lowest BCUT2D eigenvalue weighted by Crippen LogP contribution is -1.87. The summed E-state index contributed by atoms with van der Waals surface area (Å²) in [6, 6.07) is 10.3. The predicted molar refractivity (Wildman–Crippen MR) is 58.5 cm³/mol. The monoisotopic (exact) mass is 184 g/mol. The van der Waals surface area contributed by atoms with Gasteiger partial charge < -0.3 is 4.57 Å². The Hall–Kier alpha value is -1.83. The van der Waals surface area contributed by atoms with Crippen molar-refractivity contribution in [3.05, 3.63) is 54.6 Å². The summed E-state index contributed by atoms with van der Waals surface area (Å²) < 4.78 is 1.99. The fourth-order valence-electron chi connectivity index (χ4n) is 1.33. The van der Waals surface area contributed by atoms with Gasteiger partial charge >= 0.3 is 0 Å². The zero-order valence-electron chi connectivity index (χ0n) is 8.09. The molecule has 0 fully saturated rings. The maximum atomic E-state index is 4.01. The molecule has 0 aliphatic carbocycles. The van der Waals surface area contributed by atoms with Crippen LogP contribution in [0.1, 0.15) is 12.5 Å². The van der Waals surface area contributed by atoms with Gasteiger partial charge in [-0.15, -0.1) is 0 Å². The molecule has 14 heavy (non-hydrogen) atoms. The van der Waals surface area contributed by atoms with Crippen LogP contribution < -0.4 is 0 Å². The van der Waals surface area contributed by atoms with E-state index in [9.17, 15) is 0 Å². The fraction of sp³-hybridized carbons (Fsp3) is 0.0833. The molecule has 0 aliphatic heterocycles. The minimum Gasteiger partial charge on any atom is -0.310 e. The van der Waals surface area contributed by atoms with E-state index in [0.29, 0.717) is 0 Å². The number of rotatable bonds is 2. The molecule has 70 valence electrons. The van der Waals surface area contributed by atoms with E-state index < -0.39 is 0 Å². The second-order valence-corrected chi connectivity index (χ2v) is 3.17. The van der Waals surface area contributed by atoms with E-state index in [2.05, 4.69) is 30.1 Å². The zero-order chi connectivity index (χ0) is 9.80. The van der Waals surface area contributed by atoms with Gasteiger partial charge in [-0.25, -0.2) is 4.98 Å². The minimum atomic E-state index is 1.16. The van der Waals surface area contributed by atoms with Gasteiger partial charge in [0, 0.05) is 18.1 Å². The number of hydrogen-bond donors (Lipinski definition) is 0. The average molecular weight is 184 g/mol. The van der Waals surface area contributed by atoms with Crippen LogP contribution in [0.15, 0.2) is 49.1 Å². The van der Waals surface area contributed by atoms with Crippen LogP contribution in [0.25, 0.3) is 11.8 Å². The molecule has 0 radical (unpaired) electrons. The molecule has 1 heterocycles. The van der Waals surface area contributed by atoms with Crippen LogP contribution in [-0.2, 0) is 0 Å². The molecule has 2 aromatic rings. The van der Waals surface area contributed by atoms with Crippen molar-refractivity contribution < 1.29 is 0 Å². The highest BCUT2D eigenvalue weighted by molar-refractivity contribution is 5.69. The number of benzene rings is 1. The molecule has 0 saturated carbocycles. The van der Waals surface area contributed by atoms with E-state index in [4.69, 9.17) is 0 Å². The van der Waals surface area contributed by atoms with Crippen molar-refractivity contribution in [1.82, 2.24) is 9.55 Å². The van der Waals surface area contributed by atoms with Gasteiger partial charge in [-0.05, 0) is 18.6 Å². The molecule has 0 amide bonds. The Morgan fingerprint density at radius 2 is 2.07 bits per heavy atom. The summed E-state index contributed by atoms with van der Waals surface area (Å²) >= 11 is 0. The zero-order valence-corrected chi connectivity index (χ0v) is 8.09. The first-order chi connectivity index (χ1) is 6.86. The summed E-state index contributed by atoms with van der Waals surface area (Å²) in [5.41, 5.74) is 2.37. The maximum Gasteiger partial charge on any atom is 0.0989 e.